The molecule has 3 heteroatoms. The maximum atomic E-state index is 5.34. The van der Waals surface area contributed by atoms with E-state index in [4.69, 9.17) is 12.2 Å². The summed E-state index contributed by atoms with van der Waals surface area (Å²) in [5, 5.41) is 2.43. The molecule has 2 aromatic rings. The van der Waals surface area contributed by atoms with Crippen LogP contribution in [0.4, 0.5) is 0 Å². The Morgan fingerprint density at radius 2 is 1.80 bits per heavy atom. The predicted molar refractivity (Wildman–Crippen MR) is 76.9 cm³/mol. The Bertz CT molecular complexity index is 520. The van der Waals surface area contributed by atoms with Crippen LogP contribution in [-0.2, 0) is 0 Å². The minimum absolute atomic E-state index is 0.943. The van der Waals surface area contributed by atoms with E-state index < -0.39 is 0 Å². The molecule has 76 valence electrons. The highest BCUT2D eigenvalue weighted by molar-refractivity contribution is 9.10. The lowest BCUT2D eigenvalue weighted by molar-refractivity contribution is 1.69. The highest BCUT2D eigenvalue weighted by Gasteiger charge is 2.06. The second-order valence-corrected chi connectivity index (χ2v) is 5.47. The Hall–Kier alpha value is -0.380. The van der Waals surface area contributed by atoms with Crippen molar-refractivity contribution in [1.29, 1.82) is 0 Å². The first-order chi connectivity index (χ1) is 7.24. The summed E-state index contributed by atoms with van der Waals surface area (Å²) in [6, 6.07) is 12.4. The Balaban J connectivity index is 2.77. The van der Waals surface area contributed by atoms with Gasteiger partial charge in [0.25, 0.3) is 0 Å². The summed E-state index contributed by atoms with van der Waals surface area (Å²) in [4.78, 5) is 0. The fraction of sp³-hybridized carbons (Fsp3) is 0.0833. The second-order valence-electron chi connectivity index (χ2n) is 3.13. The summed E-state index contributed by atoms with van der Waals surface area (Å²) in [5.41, 5.74) is 1.15. The molecule has 0 nitrogen and oxygen atoms in total. The molecule has 0 aromatic heterocycles. The molecule has 0 saturated carbocycles. The van der Waals surface area contributed by atoms with Crippen molar-refractivity contribution in [1.82, 2.24) is 0 Å². The molecule has 0 aliphatic carbocycles. The monoisotopic (exact) mass is 296 g/mol. The highest BCUT2D eigenvalue weighted by Crippen LogP contribution is 2.28. The SMILES string of the molecule is CSC(=S)c1ccc(Br)c2ccccc12. The summed E-state index contributed by atoms with van der Waals surface area (Å²) in [6.07, 6.45) is 2.01. The molecular weight excluding hydrogens is 288 g/mol. The van der Waals surface area contributed by atoms with E-state index in [1.165, 1.54) is 10.8 Å². The van der Waals surface area contributed by atoms with Gasteiger partial charge in [-0.15, -0.1) is 11.8 Å². The zero-order chi connectivity index (χ0) is 10.8. The molecule has 0 aliphatic rings. The van der Waals surface area contributed by atoms with Crippen LogP contribution < -0.4 is 0 Å². The third-order valence-corrected chi connectivity index (χ3v) is 4.28. The molecule has 0 amide bonds. The normalized spacial score (nSPS) is 10.5. The van der Waals surface area contributed by atoms with Crippen molar-refractivity contribution in [3.05, 3.63) is 46.4 Å². The molecule has 0 atom stereocenters. The average Bonchev–Trinajstić information content (AvgIpc) is 2.29. The van der Waals surface area contributed by atoms with Crippen LogP contribution in [0.25, 0.3) is 10.8 Å². The molecule has 0 N–H and O–H groups in total. The number of thiocarbonyl (C=S) groups is 1. The topological polar surface area (TPSA) is 0 Å². The molecule has 2 rings (SSSR count). The zero-order valence-corrected chi connectivity index (χ0v) is 11.4. The van der Waals surface area contributed by atoms with Gasteiger partial charge in [-0.2, -0.15) is 0 Å². The van der Waals surface area contributed by atoms with E-state index >= 15 is 0 Å². The van der Waals surface area contributed by atoms with Crippen LogP contribution in [0.1, 0.15) is 5.56 Å². The van der Waals surface area contributed by atoms with Gasteiger partial charge in [-0.1, -0.05) is 58.5 Å². The van der Waals surface area contributed by atoms with Gasteiger partial charge in [0, 0.05) is 10.0 Å². The lowest BCUT2D eigenvalue weighted by atomic mass is 10.1. The van der Waals surface area contributed by atoms with E-state index in [9.17, 15) is 0 Å². The number of hydrogen-bond donors (Lipinski definition) is 0. The molecule has 15 heavy (non-hydrogen) atoms. The summed E-state index contributed by atoms with van der Waals surface area (Å²) in [7, 11) is 0. The number of thioether (sulfide) groups is 1. The van der Waals surface area contributed by atoms with Crippen molar-refractivity contribution in [3.63, 3.8) is 0 Å². The average molecular weight is 297 g/mol. The van der Waals surface area contributed by atoms with Gasteiger partial charge < -0.3 is 0 Å². The molecule has 0 bridgehead atoms. The first-order valence-corrected chi connectivity index (χ1v) is 6.92. The largest absolute Gasteiger partial charge is 0.117 e. The van der Waals surface area contributed by atoms with E-state index in [0.29, 0.717) is 0 Å². The number of hydrogen-bond acceptors (Lipinski definition) is 2. The fourth-order valence-corrected chi connectivity index (χ4v) is 2.60. The third-order valence-electron chi connectivity index (χ3n) is 2.28. The first kappa shape index (κ1) is 11.1. The molecule has 0 unspecified atom stereocenters. The standard InChI is InChI=1S/C12H9BrS2/c1-15-12(14)10-6-7-11(13)9-5-3-2-4-8(9)10/h2-7H,1H3. The number of halogens is 1. The van der Waals surface area contributed by atoms with Crippen LogP contribution in [0.3, 0.4) is 0 Å². The molecule has 0 spiro atoms. The third kappa shape index (κ3) is 2.10. The molecular formula is C12H9BrS2. The smallest absolute Gasteiger partial charge is 0.0781 e. The van der Waals surface area contributed by atoms with Gasteiger partial charge in [0.05, 0.1) is 4.20 Å². The lowest BCUT2D eigenvalue weighted by Crippen LogP contribution is -1.92. The first-order valence-electron chi connectivity index (χ1n) is 4.49. The maximum Gasteiger partial charge on any atom is 0.0781 e. The van der Waals surface area contributed by atoms with Crippen molar-refractivity contribution >= 4 is 54.9 Å². The lowest BCUT2D eigenvalue weighted by Gasteiger charge is -2.07. The predicted octanol–water partition coefficient (Wildman–Crippen LogP) is 4.64. The minimum atomic E-state index is 0.943. The van der Waals surface area contributed by atoms with Gasteiger partial charge in [0.1, 0.15) is 0 Å². The number of rotatable bonds is 1. The van der Waals surface area contributed by atoms with E-state index in [2.05, 4.69) is 40.2 Å². The Labute approximate surface area is 107 Å². The molecule has 0 radical (unpaired) electrons. The van der Waals surface area contributed by atoms with Crippen LogP contribution in [-0.4, -0.2) is 10.5 Å². The minimum Gasteiger partial charge on any atom is -0.117 e. The molecule has 0 fully saturated rings. The van der Waals surface area contributed by atoms with Gasteiger partial charge in [0.2, 0.25) is 0 Å². The van der Waals surface area contributed by atoms with Crippen LogP contribution in [0.5, 0.6) is 0 Å². The molecule has 0 heterocycles. The van der Waals surface area contributed by atoms with Crippen LogP contribution in [0, 0.1) is 0 Å². The highest BCUT2D eigenvalue weighted by atomic mass is 79.9. The van der Waals surface area contributed by atoms with Crippen molar-refractivity contribution in [2.75, 3.05) is 6.26 Å². The second kappa shape index (κ2) is 4.64. The molecule has 0 saturated heterocycles. The summed E-state index contributed by atoms with van der Waals surface area (Å²) >= 11 is 10.5. The quantitative estimate of drug-likeness (QED) is 0.703. The van der Waals surface area contributed by atoms with E-state index in [1.54, 1.807) is 11.8 Å². The van der Waals surface area contributed by atoms with Gasteiger partial charge in [0.15, 0.2) is 0 Å². The zero-order valence-electron chi connectivity index (χ0n) is 8.16. The van der Waals surface area contributed by atoms with Gasteiger partial charge in [-0.05, 0) is 23.1 Å². The van der Waals surface area contributed by atoms with E-state index in [1.807, 2.05) is 18.4 Å². The maximum absolute atomic E-state index is 5.34. The van der Waals surface area contributed by atoms with Crippen molar-refractivity contribution < 1.29 is 0 Å². The summed E-state index contributed by atoms with van der Waals surface area (Å²) in [6.45, 7) is 0. The number of fused-ring (bicyclic) bond motifs is 1. The van der Waals surface area contributed by atoms with Crippen LogP contribution >= 0.6 is 39.9 Å². The van der Waals surface area contributed by atoms with Crippen LogP contribution in [0.2, 0.25) is 0 Å². The van der Waals surface area contributed by atoms with Gasteiger partial charge in [-0.25, -0.2) is 0 Å². The van der Waals surface area contributed by atoms with Crippen molar-refractivity contribution in [2.45, 2.75) is 0 Å². The summed E-state index contributed by atoms with van der Waals surface area (Å²) < 4.78 is 2.06. The summed E-state index contributed by atoms with van der Waals surface area (Å²) in [5.74, 6) is 0. The Morgan fingerprint density at radius 1 is 1.13 bits per heavy atom. The number of benzene rings is 2. The van der Waals surface area contributed by atoms with Gasteiger partial charge in [-0.3, -0.25) is 0 Å². The van der Waals surface area contributed by atoms with Crippen LogP contribution in [0.15, 0.2) is 40.9 Å². The fourth-order valence-electron chi connectivity index (χ4n) is 1.55. The van der Waals surface area contributed by atoms with E-state index in [0.717, 1.165) is 14.2 Å². The Morgan fingerprint density at radius 3 is 2.47 bits per heavy atom. The van der Waals surface area contributed by atoms with Gasteiger partial charge >= 0.3 is 0 Å². The molecule has 2 aromatic carbocycles. The Kier molecular flexibility index (Phi) is 3.44. The van der Waals surface area contributed by atoms with Crippen molar-refractivity contribution in [3.8, 4) is 0 Å². The van der Waals surface area contributed by atoms with E-state index in [-0.39, 0.29) is 0 Å². The molecule has 0 aliphatic heterocycles. The van der Waals surface area contributed by atoms with Crippen molar-refractivity contribution in [2.24, 2.45) is 0 Å².